The number of amides is 1. The summed E-state index contributed by atoms with van der Waals surface area (Å²) >= 11 is 0. The van der Waals surface area contributed by atoms with Crippen molar-refractivity contribution in [1.29, 1.82) is 0 Å². The molecule has 0 aliphatic heterocycles. The Morgan fingerprint density at radius 1 is 0.875 bits per heavy atom. The first-order chi connectivity index (χ1) is 11.8. The molecule has 24 heavy (non-hydrogen) atoms. The van der Waals surface area contributed by atoms with Crippen LogP contribution in [-0.4, -0.2) is 22.4 Å². The number of hydrogen-bond donors (Lipinski definition) is 2. The molecule has 0 aliphatic carbocycles. The summed E-state index contributed by atoms with van der Waals surface area (Å²) in [6.45, 7) is 0.564. The molecule has 1 aromatic heterocycles. The van der Waals surface area contributed by atoms with E-state index in [0.717, 1.165) is 12.1 Å². The lowest BCUT2D eigenvalue weighted by molar-refractivity contribution is 0.0949. The van der Waals surface area contributed by atoms with Crippen molar-refractivity contribution in [3.63, 3.8) is 0 Å². The summed E-state index contributed by atoms with van der Waals surface area (Å²) < 4.78 is 0. The maximum atomic E-state index is 12.1. The minimum Gasteiger partial charge on any atom is -0.350 e. The quantitative estimate of drug-likeness (QED) is 0.732. The molecule has 0 spiro atoms. The minimum atomic E-state index is -0.218. The normalized spacial score (nSPS) is 10.2. The predicted octanol–water partition coefficient (Wildman–Crippen LogP) is 3.19. The van der Waals surface area contributed by atoms with Crippen LogP contribution in [0.25, 0.3) is 0 Å². The van der Waals surface area contributed by atoms with E-state index in [1.807, 2.05) is 60.7 Å². The van der Waals surface area contributed by atoms with Gasteiger partial charge in [0, 0.05) is 12.2 Å². The Kier molecular flexibility index (Phi) is 5.14. The lowest BCUT2D eigenvalue weighted by Crippen LogP contribution is -2.26. The highest BCUT2D eigenvalue weighted by atomic mass is 16.1. The molecular formula is C19H18N4O. The highest BCUT2D eigenvalue weighted by molar-refractivity contribution is 5.92. The molecule has 2 N–H and O–H groups in total. The van der Waals surface area contributed by atoms with Gasteiger partial charge < -0.3 is 10.6 Å². The zero-order valence-corrected chi connectivity index (χ0v) is 13.1. The summed E-state index contributed by atoms with van der Waals surface area (Å²) in [5.74, 6) is 0.381. The van der Waals surface area contributed by atoms with E-state index in [4.69, 9.17) is 0 Å². The number of benzene rings is 2. The largest absolute Gasteiger partial charge is 0.350 e. The zero-order valence-electron chi connectivity index (χ0n) is 13.1. The molecule has 2 aromatic carbocycles. The fraction of sp³-hybridized carbons (Fsp3) is 0.105. The molecule has 0 aliphatic rings. The number of hydrogen-bond acceptors (Lipinski definition) is 4. The average molecular weight is 318 g/mol. The van der Waals surface area contributed by atoms with Gasteiger partial charge in [0.25, 0.3) is 5.91 Å². The summed E-state index contributed by atoms with van der Waals surface area (Å²) in [5, 5.41) is 5.98. The number of aromatic nitrogens is 2. The van der Waals surface area contributed by atoms with Gasteiger partial charge in [-0.2, -0.15) is 0 Å². The molecule has 1 amide bonds. The van der Waals surface area contributed by atoms with Crippen molar-refractivity contribution in [2.75, 3.05) is 11.9 Å². The molecule has 1 heterocycles. The number of rotatable bonds is 6. The van der Waals surface area contributed by atoms with Crippen LogP contribution in [0.4, 0.5) is 11.5 Å². The molecule has 3 aromatic rings. The van der Waals surface area contributed by atoms with Crippen LogP contribution in [0.3, 0.4) is 0 Å². The van der Waals surface area contributed by atoms with E-state index in [9.17, 15) is 4.79 Å². The Balaban J connectivity index is 1.52. The van der Waals surface area contributed by atoms with Gasteiger partial charge in [-0.25, -0.2) is 9.97 Å². The molecule has 3 rings (SSSR count). The Labute approximate surface area is 140 Å². The van der Waals surface area contributed by atoms with Crippen LogP contribution in [0, 0.1) is 0 Å². The Morgan fingerprint density at radius 2 is 1.58 bits per heavy atom. The van der Waals surface area contributed by atoms with Crippen LogP contribution in [0.2, 0.25) is 0 Å². The predicted molar refractivity (Wildman–Crippen MR) is 94.2 cm³/mol. The summed E-state index contributed by atoms with van der Waals surface area (Å²) in [7, 11) is 0. The highest BCUT2D eigenvalue weighted by Crippen LogP contribution is 2.12. The number of carbonyl (C=O) groups is 1. The van der Waals surface area contributed by atoms with E-state index in [2.05, 4.69) is 20.6 Å². The van der Waals surface area contributed by atoms with Crippen LogP contribution < -0.4 is 10.6 Å². The fourth-order valence-electron chi connectivity index (χ4n) is 2.23. The van der Waals surface area contributed by atoms with Gasteiger partial charge in [-0.3, -0.25) is 4.79 Å². The lowest BCUT2D eigenvalue weighted by atomic mass is 10.1. The first-order valence-electron chi connectivity index (χ1n) is 7.77. The second kappa shape index (κ2) is 7.87. The second-order valence-electron chi connectivity index (χ2n) is 5.27. The molecule has 0 atom stereocenters. The van der Waals surface area contributed by atoms with Crippen LogP contribution in [-0.2, 0) is 6.42 Å². The number of nitrogens with one attached hydrogen (secondary N) is 2. The topological polar surface area (TPSA) is 66.9 Å². The van der Waals surface area contributed by atoms with Crippen LogP contribution in [0.15, 0.2) is 73.1 Å². The average Bonchev–Trinajstić information content (AvgIpc) is 2.64. The van der Waals surface area contributed by atoms with Crippen molar-refractivity contribution in [2.24, 2.45) is 0 Å². The van der Waals surface area contributed by atoms with E-state index in [1.54, 1.807) is 6.20 Å². The van der Waals surface area contributed by atoms with Gasteiger partial charge in [-0.15, -0.1) is 0 Å². The minimum absolute atomic E-state index is 0.218. The van der Waals surface area contributed by atoms with Gasteiger partial charge in [-0.1, -0.05) is 48.5 Å². The highest BCUT2D eigenvalue weighted by Gasteiger charge is 2.07. The zero-order chi connectivity index (χ0) is 16.6. The van der Waals surface area contributed by atoms with E-state index in [0.29, 0.717) is 18.1 Å². The van der Waals surface area contributed by atoms with Crippen molar-refractivity contribution in [3.8, 4) is 0 Å². The fourth-order valence-corrected chi connectivity index (χ4v) is 2.23. The van der Waals surface area contributed by atoms with Crippen LogP contribution in [0.5, 0.6) is 0 Å². The van der Waals surface area contributed by atoms with Crippen LogP contribution >= 0.6 is 0 Å². The van der Waals surface area contributed by atoms with Gasteiger partial charge in [-0.05, 0) is 24.1 Å². The summed E-state index contributed by atoms with van der Waals surface area (Å²) in [5.41, 5.74) is 2.42. The maximum Gasteiger partial charge on any atom is 0.271 e. The van der Waals surface area contributed by atoms with Crippen molar-refractivity contribution < 1.29 is 4.79 Å². The summed E-state index contributed by atoms with van der Waals surface area (Å²) in [6.07, 6.45) is 3.82. The van der Waals surface area contributed by atoms with Gasteiger partial charge in [0.1, 0.15) is 11.5 Å². The van der Waals surface area contributed by atoms with Gasteiger partial charge in [0.15, 0.2) is 0 Å². The van der Waals surface area contributed by atoms with Crippen molar-refractivity contribution in [3.05, 3.63) is 84.3 Å². The number of carbonyl (C=O) groups excluding carboxylic acids is 1. The molecule has 5 heteroatoms. The Hall–Kier alpha value is -3.21. The molecule has 0 fully saturated rings. The van der Waals surface area contributed by atoms with E-state index >= 15 is 0 Å². The first kappa shape index (κ1) is 15.7. The van der Waals surface area contributed by atoms with Gasteiger partial charge in [0.05, 0.1) is 12.4 Å². The monoisotopic (exact) mass is 318 g/mol. The molecule has 5 nitrogen and oxygen atoms in total. The van der Waals surface area contributed by atoms with Gasteiger partial charge in [0.2, 0.25) is 0 Å². The third-order valence-corrected chi connectivity index (χ3v) is 3.47. The van der Waals surface area contributed by atoms with E-state index in [1.165, 1.54) is 11.8 Å². The molecule has 0 unspecified atom stereocenters. The third-order valence-electron chi connectivity index (χ3n) is 3.47. The number of anilines is 2. The van der Waals surface area contributed by atoms with Crippen molar-refractivity contribution >= 4 is 17.4 Å². The van der Waals surface area contributed by atoms with E-state index < -0.39 is 0 Å². The van der Waals surface area contributed by atoms with E-state index in [-0.39, 0.29) is 5.91 Å². The molecule has 0 bridgehead atoms. The maximum absolute atomic E-state index is 12.1. The lowest BCUT2D eigenvalue weighted by Gasteiger charge is -2.07. The standard InChI is InChI=1S/C19H18N4O/c24-19(20-12-11-15-7-3-1-4-8-15)17-13-22-18(14-21-17)23-16-9-5-2-6-10-16/h1-10,13-14H,11-12H2,(H,20,24)(H,22,23). The SMILES string of the molecule is O=C(NCCc1ccccc1)c1cnc(Nc2ccccc2)cn1. The van der Waals surface area contributed by atoms with Crippen LogP contribution in [0.1, 0.15) is 16.1 Å². The third kappa shape index (κ3) is 4.39. The molecule has 0 saturated carbocycles. The molecular weight excluding hydrogens is 300 g/mol. The number of nitrogens with zero attached hydrogens (tertiary/aromatic N) is 2. The smallest absolute Gasteiger partial charge is 0.271 e. The molecule has 120 valence electrons. The number of para-hydroxylation sites is 1. The summed E-state index contributed by atoms with van der Waals surface area (Å²) in [6, 6.07) is 19.7. The Morgan fingerprint density at radius 3 is 2.25 bits per heavy atom. The molecule has 0 saturated heterocycles. The second-order valence-corrected chi connectivity index (χ2v) is 5.27. The van der Waals surface area contributed by atoms with Gasteiger partial charge >= 0.3 is 0 Å². The van der Waals surface area contributed by atoms with Crippen molar-refractivity contribution in [2.45, 2.75) is 6.42 Å². The van der Waals surface area contributed by atoms with Crippen molar-refractivity contribution in [1.82, 2.24) is 15.3 Å². The summed E-state index contributed by atoms with van der Waals surface area (Å²) in [4.78, 5) is 20.5. The first-order valence-corrected chi connectivity index (χ1v) is 7.77. The molecule has 0 radical (unpaired) electrons. The Bertz CT molecular complexity index is 773.